The molecule has 0 aliphatic carbocycles. The monoisotopic (exact) mass is 537 g/mol. The Hall–Kier alpha value is -3.62. The summed E-state index contributed by atoms with van der Waals surface area (Å²) in [5.41, 5.74) is 7.04. The van der Waals surface area contributed by atoms with Crippen LogP contribution in [-0.4, -0.2) is 86.0 Å². The number of fused-ring (bicyclic) bond motifs is 1. The van der Waals surface area contributed by atoms with Gasteiger partial charge in [0.2, 0.25) is 17.7 Å². The number of carboxylic acid groups (broad SMARTS) is 2. The zero-order chi connectivity index (χ0) is 27.7. The third-order valence-electron chi connectivity index (χ3n) is 5.63. The van der Waals surface area contributed by atoms with Crippen molar-refractivity contribution >= 4 is 53.2 Å². The number of aliphatic hydroxyl groups excluding tert-OH is 1. The Balaban J connectivity index is 2.11. The lowest BCUT2D eigenvalue weighted by atomic mass is 10.0. The van der Waals surface area contributed by atoms with Gasteiger partial charge in [-0.1, -0.05) is 18.2 Å². The van der Waals surface area contributed by atoms with Gasteiger partial charge in [0.1, 0.15) is 24.2 Å². The van der Waals surface area contributed by atoms with Crippen LogP contribution < -0.4 is 21.7 Å². The van der Waals surface area contributed by atoms with Gasteiger partial charge in [0.15, 0.2) is 0 Å². The van der Waals surface area contributed by atoms with Crippen molar-refractivity contribution in [2.24, 2.45) is 5.73 Å². The van der Waals surface area contributed by atoms with Crippen molar-refractivity contribution in [3.8, 4) is 0 Å². The van der Waals surface area contributed by atoms with Gasteiger partial charge < -0.3 is 42.0 Å². The number of carbonyl (C=O) groups is 5. The van der Waals surface area contributed by atoms with Gasteiger partial charge in [-0.05, 0) is 25.0 Å². The Bertz CT molecular complexity index is 1140. The van der Waals surface area contributed by atoms with E-state index in [0.29, 0.717) is 5.56 Å². The number of aliphatic hydroxyl groups is 1. The third kappa shape index (κ3) is 8.48. The SMILES string of the molecule is CC(O)C(N)C(=O)NC(CCC(=O)O)C(=O)NC(CS)C(=O)NC(Cc1c[nH]c2ccccc12)C(=O)O. The van der Waals surface area contributed by atoms with Crippen LogP contribution in [0, 0.1) is 0 Å². The molecule has 0 aliphatic rings. The summed E-state index contributed by atoms with van der Waals surface area (Å²) in [6.45, 7) is 1.27. The van der Waals surface area contributed by atoms with E-state index in [1.807, 2.05) is 18.2 Å². The molecule has 202 valence electrons. The summed E-state index contributed by atoms with van der Waals surface area (Å²) in [4.78, 5) is 63.8. The number of carboxylic acids is 2. The molecule has 0 fully saturated rings. The number of nitrogens with one attached hydrogen (secondary N) is 4. The average Bonchev–Trinajstić information content (AvgIpc) is 3.26. The first-order valence-corrected chi connectivity index (χ1v) is 12.0. The topological polar surface area (TPSA) is 224 Å². The second-order valence-corrected chi connectivity index (χ2v) is 8.83. The van der Waals surface area contributed by atoms with Gasteiger partial charge >= 0.3 is 11.9 Å². The van der Waals surface area contributed by atoms with Gasteiger partial charge in [-0.3, -0.25) is 19.2 Å². The largest absolute Gasteiger partial charge is 0.481 e. The van der Waals surface area contributed by atoms with Crippen molar-refractivity contribution in [1.29, 1.82) is 0 Å². The predicted octanol–water partition coefficient (Wildman–Crippen LogP) is -1.25. The summed E-state index contributed by atoms with van der Waals surface area (Å²) in [5.74, 6) is -5.36. The number of hydrogen-bond donors (Lipinski definition) is 9. The summed E-state index contributed by atoms with van der Waals surface area (Å²) in [7, 11) is 0. The number of carbonyl (C=O) groups excluding carboxylic acids is 3. The van der Waals surface area contributed by atoms with E-state index >= 15 is 0 Å². The number of benzene rings is 1. The van der Waals surface area contributed by atoms with E-state index in [1.54, 1.807) is 12.3 Å². The van der Waals surface area contributed by atoms with Gasteiger partial charge in [-0.2, -0.15) is 12.6 Å². The molecule has 2 aromatic rings. The molecule has 5 atom stereocenters. The molecule has 1 aromatic heterocycles. The Kier molecular flexibility index (Phi) is 10.9. The van der Waals surface area contributed by atoms with Crippen molar-refractivity contribution < 1.29 is 39.3 Å². The van der Waals surface area contributed by atoms with Crippen LogP contribution in [0.15, 0.2) is 30.5 Å². The fraction of sp³-hybridized carbons (Fsp3) is 0.435. The second kappa shape index (κ2) is 13.6. The van der Waals surface area contributed by atoms with Crippen LogP contribution in [-0.2, 0) is 30.4 Å². The van der Waals surface area contributed by atoms with E-state index in [0.717, 1.165) is 10.9 Å². The van der Waals surface area contributed by atoms with Crippen LogP contribution in [0.4, 0.5) is 0 Å². The minimum atomic E-state index is -1.38. The number of hydrogen-bond acceptors (Lipinski definition) is 8. The molecule has 3 amide bonds. The summed E-state index contributed by atoms with van der Waals surface area (Å²) >= 11 is 4.06. The summed E-state index contributed by atoms with van der Waals surface area (Å²) in [5, 5.41) is 36.0. The quantitative estimate of drug-likeness (QED) is 0.131. The highest BCUT2D eigenvalue weighted by Gasteiger charge is 2.31. The van der Waals surface area contributed by atoms with Crippen LogP contribution >= 0.6 is 12.6 Å². The molecule has 0 spiro atoms. The predicted molar refractivity (Wildman–Crippen MR) is 136 cm³/mol. The molecule has 2 rings (SSSR count). The Morgan fingerprint density at radius 3 is 2.16 bits per heavy atom. The van der Waals surface area contributed by atoms with Crippen molar-refractivity contribution in [2.75, 3.05) is 5.75 Å². The number of amides is 3. The molecule has 9 N–H and O–H groups in total. The number of thiol groups is 1. The molecule has 0 radical (unpaired) electrons. The van der Waals surface area contributed by atoms with Crippen LogP contribution in [0.2, 0.25) is 0 Å². The summed E-state index contributed by atoms with van der Waals surface area (Å²) in [6.07, 6.45) is -0.417. The van der Waals surface area contributed by atoms with Crippen LogP contribution in [0.25, 0.3) is 10.9 Å². The Morgan fingerprint density at radius 1 is 0.973 bits per heavy atom. The lowest BCUT2D eigenvalue weighted by Crippen LogP contribution is -2.58. The van der Waals surface area contributed by atoms with E-state index in [-0.39, 0.29) is 18.6 Å². The number of rotatable bonds is 14. The molecule has 13 nitrogen and oxygen atoms in total. The van der Waals surface area contributed by atoms with Crippen molar-refractivity contribution in [1.82, 2.24) is 20.9 Å². The summed E-state index contributed by atoms with van der Waals surface area (Å²) < 4.78 is 0. The zero-order valence-corrected chi connectivity index (χ0v) is 20.9. The van der Waals surface area contributed by atoms with E-state index in [4.69, 9.17) is 10.8 Å². The first-order chi connectivity index (χ1) is 17.4. The number of aromatic nitrogens is 1. The van der Waals surface area contributed by atoms with Gasteiger partial charge in [0.25, 0.3) is 0 Å². The Labute approximate surface area is 217 Å². The van der Waals surface area contributed by atoms with Gasteiger partial charge in [0.05, 0.1) is 6.10 Å². The molecule has 0 bridgehead atoms. The Morgan fingerprint density at radius 2 is 1.57 bits per heavy atom. The van der Waals surface area contributed by atoms with Crippen LogP contribution in [0.5, 0.6) is 0 Å². The standard InChI is InChI=1S/C23H31N5O8S/c1-11(29)19(24)22(34)26-15(6-7-18(30)31)20(32)28-17(10-37)21(33)27-16(23(35)36)8-12-9-25-14-5-3-2-4-13(12)14/h2-5,9,11,15-17,19,25,29,37H,6-8,10,24H2,1H3,(H,26,34)(H,27,33)(H,28,32)(H,30,31)(H,35,36). The smallest absolute Gasteiger partial charge is 0.326 e. The molecule has 0 saturated heterocycles. The maximum atomic E-state index is 12.8. The molecule has 5 unspecified atom stereocenters. The molecule has 1 aromatic carbocycles. The molecular weight excluding hydrogens is 506 g/mol. The number of aromatic amines is 1. The number of para-hydroxylation sites is 1. The fourth-order valence-corrected chi connectivity index (χ4v) is 3.74. The second-order valence-electron chi connectivity index (χ2n) is 8.47. The number of aliphatic carboxylic acids is 2. The minimum absolute atomic E-state index is 0.0349. The highest BCUT2D eigenvalue weighted by molar-refractivity contribution is 7.80. The molecule has 0 saturated carbocycles. The van der Waals surface area contributed by atoms with Crippen LogP contribution in [0.1, 0.15) is 25.3 Å². The van der Waals surface area contributed by atoms with E-state index in [9.17, 15) is 34.2 Å². The molecular formula is C23H31N5O8S. The van der Waals surface area contributed by atoms with E-state index in [1.165, 1.54) is 6.92 Å². The van der Waals surface area contributed by atoms with Crippen LogP contribution in [0.3, 0.4) is 0 Å². The first-order valence-electron chi connectivity index (χ1n) is 11.4. The van der Waals surface area contributed by atoms with Gasteiger partial charge in [0, 0.05) is 35.7 Å². The molecule has 0 aliphatic heterocycles. The number of nitrogens with two attached hydrogens (primary N) is 1. The molecule has 37 heavy (non-hydrogen) atoms. The molecule has 14 heteroatoms. The average molecular weight is 538 g/mol. The first kappa shape index (κ1) is 29.6. The third-order valence-corrected chi connectivity index (χ3v) is 6.00. The van der Waals surface area contributed by atoms with Gasteiger partial charge in [-0.15, -0.1) is 0 Å². The van der Waals surface area contributed by atoms with Crippen molar-refractivity contribution in [2.45, 2.75) is 56.5 Å². The maximum absolute atomic E-state index is 12.8. The lowest BCUT2D eigenvalue weighted by Gasteiger charge is -2.24. The summed E-state index contributed by atoms with van der Waals surface area (Å²) in [6, 6.07) is 1.89. The normalized spacial score (nSPS) is 15.1. The lowest BCUT2D eigenvalue weighted by molar-refractivity contribution is -0.142. The highest BCUT2D eigenvalue weighted by Crippen LogP contribution is 2.19. The highest BCUT2D eigenvalue weighted by atomic mass is 32.1. The maximum Gasteiger partial charge on any atom is 0.326 e. The van der Waals surface area contributed by atoms with Crippen molar-refractivity contribution in [3.05, 3.63) is 36.0 Å². The minimum Gasteiger partial charge on any atom is -0.481 e. The fourth-order valence-electron chi connectivity index (χ4n) is 3.48. The van der Waals surface area contributed by atoms with Gasteiger partial charge in [-0.25, -0.2) is 4.79 Å². The van der Waals surface area contributed by atoms with E-state index in [2.05, 4.69) is 33.6 Å². The van der Waals surface area contributed by atoms with Crippen molar-refractivity contribution in [3.63, 3.8) is 0 Å². The molecule has 1 heterocycles. The van der Waals surface area contributed by atoms with E-state index < -0.39 is 66.4 Å². The number of H-pyrrole nitrogens is 1. The zero-order valence-electron chi connectivity index (χ0n) is 20.0.